The Morgan fingerprint density at radius 1 is 1.11 bits per heavy atom. The Labute approximate surface area is 128 Å². The fraction of sp³-hybridized carbons (Fsp3) is 1.00. The second-order valence-electron chi connectivity index (χ2n) is 5.29. The molecule has 6 heteroatoms. The third-order valence-corrected chi connectivity index (χ3v) is 6.50. The van der Waals surface area contributed by atoms with E-state index in [-0.39, 0.29) is 0 Å². The van der Waals surface area contributed by atoms with Gasteiger partial charge in [0, 0.05) is 0 Å². The van der Waals surface area contributed by atoms with Crippen LogP contribution in [0, 0.1) is 5.41 Å². The number of halogens is 2. The fourth-order valence-electron chi connectivity index (χ4n) is 2.93. The second-order valence-corrected chi connectivity index (χ2v) is 15.6. The zero-order valence-corrected chi connectivity index (χ0v) is 15.6. The van der Waals surface area contributed by atoms with Crippen LogP contribution < -0.4 is 0 Å². The summed E-state index contributed by atoms with van der Waals surface area (Å²) in [5, 5.41) is 0. The molecule has 2 rings (SSSR count). The van der Waals surface area contributed by atoms with Crippen LogP contribution in [0.1, 0.15) is 6.92 Å². The van der Waals surface area contributed by atoms with Gasteiger partial charge in [-0.2, -0.15) is 0 Å². The molecule has 0 aliphatic carbocycles. The minimum absolute atomic E-state index is 0.626. The van der Waals surface area contributed by atoms with Crippen molar-refractivity contribution in [3.8, 4) is 0 Å². The van der Waals surface area contributed by atoms with Gasteiger partial charge in [-0.1, -0.05) is 0 Å². The van der Waals surface area contributed by atoms with Gasteiger partial charge in [-0.15, -0.1) is 0 Å². The van der Waals surface area contributed by atoms with Crippen molar-refractivity contribution in [2.45, 2.75) is 6.92 Å². The van der Waals surface area contributed by atoms with Crippen molar-refractivity contribution in [1.29, 1.82) is 0 Å². The first-order valence-electron chi connectivity index (χ1n) is 6.56. The van der Waals surface area contributed by atoms with Crippen molar-refractivity contribution in [1.82, 2.24) is 9.80 Å². The summed E-state index contributed by atoms with van der Waals surface area (Å²) in [6.07, 6.45) is 0. The van der Waals surface area contributed by atoms with Gasteiger partial charge in [-0.25, -0.2) is 0 Å². The van der Waals surface area contributed by atoms with Gasteiger partial charge in [-0.3, -0.25) is 0 Å². The van der Waals surface area contributed by atoms with E-state index in [0.717, 1.165) is 32.9 Å². The second kappa shape index (κ2) is 7.35. The summed E-state index contributed by atoms with van der Waals surface area (Å²) in [5.74, 6) is 0. The monoisotopic (exact) mass is 482 g/mol. The number of nitrogens with zero attached hydrogens (tertiary/aromatic N) is 2. The number of hydrogen-bond acceptors (Lipinski definition) is 4. The van der Waals surface area contributed by atoms with Gasteiger partial charge in [0.25, 0.3) is 0 Å². The van der Waals surface area contributed by atoms with Crippen LogP contribution in [-0.2, 0) is 7.80 Å². The van der Waals surface area contributed by atoms with Crippen LogP contribution >= 0.6 is 34.9 Å². The zero-order chi connectivity index (χ0) is 13.0. The normalized spacial score (nSPS) is 23.8. The molecule has 0 saturated carbocycles. The van der Waals surface area contributed by atoms with Gasteiger partial charge in [-0.05, 0) is 6.92 Å². The number of likely N-dealkylation sites (tertiary alicyclic amines) is 2. The molecule has 0 radical (unpaired) electrons. The van der Waals surface area contributed by atoms with Gasteiger partial charge in [0.2, 0.25) is 0 Å². The molecule has 4 nitrogen and oxygen atoms in total. The van der Waals surface area contributed by atoms with Crippen LogP contribution in [0.2, 0.25) is 0 Å². The molecule has 0 atom stereocenters. The molecule has 0 bridgehead atoms. The Balaban J connectivity index is 1.49. The van der Waals surface area contributed by atoms with Crippen LogP contribution in [0.15, 0.2) is 0 Å². The maximum atomic E-state index is 5.73. The van der Waals surface area contributed by atoms with E-state index >= 15 is 0 Å². The van der Waals surface area contributed by atoms with Crippen molar-refractivity contribution in [3.05, 3.63) is 0 Å². The molecule has 0 aromatic carbocycles. The summed E-state index contributed by atoms with van der Waals surface area (Å²) < 4.78 is 11.1. The van der Waals surface area contributed by atoms with Gasteiger partial charge < -0.3 is 0 Å². The molecule has 2 heterocycles. The van der Waals surface area contributed by atoms with E-state index in [1.165, 1.54) is 26.2 Å². The fourth-order valence-corrected chi connectivity index (χ4v) is 4.85. The Hall–Kier alpha value is 1.30. The molecular formula is C12H24I2N2O2. The van der Waals surface area contributed by atoms with E-state index in [4.69, 9.17) is 7.80 Å². The summed E-state index contributed by atoms with van der Waals surface area (Å²) in [6, 6.07) is 0. The standard InChI is InChI=1S/C12H24I2N2O2/c1-3-17-6-4-15-8-12(9-15)10-16(11-12)5-7-18-14(2)13/h3-11H2,1-2H3. The third kappa shape index (κ3) is 4.41. The van der Waals surface area contributed by atoms with E-state index in [0.29, 0.717) is 5.41 Å². The predicted molar refractivity (Wildman–Crippen MR) is 91.7 cm³/mol. The van der Waals surface area contributed by atoms with Crippen LogP contribution in [0.3, 0.4) is 0 Å². The van der Waals surface area contributed by atoms with E-state index < -0.39 is 16.3 Å². The topological polar surface area (TPSA) is 24.9 Å². The Morgan fingerprint density at radius 2 is 1.67 bits per heavy atom. The molecule has 0 N–H and O–H groups in total. The molecule has 0 aromatic heterocycles. The van der Waals surface area contributed by atoms with Gasteiger partial charge in [0.1, 0.15) is 0 Å². The molecule has 2 aliphatic rings. The van der Waals surface area contributed by atoms with Crippen molar-refractivity contribution in [2.75, 3.05) is 64.0 Å². The third-order valence-electron chi connectivity index (χ3n) is 3.63. The molecule has 18 heavy (non-hydrogen) atoms. The Bertz CT molecular complexity index is 252. The van der Waals surface area contributed by atoms with Crippen molar-refractivity contribution in [2.24, 2.45) is 5.41 Å². The summed E-state index contributed by atoms with van der Waals surface area (Å²) in [4.78, 5) is 7.30. The average Bonchev–Trinajstić information content (AvgIpc) is 2.21. The van der Waals surface area contributed by atoms with E-state index in [9.17, 15) is 0 Å². The van der Waals surface area contributed by atoms with E-state index in [2.05, 4.69) is 40.3 Å². The summed E-state index contributed by atoms with van der Waals surface area (Å²) >= 11 is 1.46. The Morgan fingerprint density at radius 3 is 2.17 bits per heavy atom. The maximum absolute atomic E-state index is 5.73. The molecule has 2 saturated heterocycles. The number of ether oxygens (including phenoxy) is 1. The van der Waals surface area contributed by atoms with Crippen LogP contribution in [0.25, 0.3) is 0 Å². The first-order valence-corrected chi connectivity index (χ1v) is 15.9. The van der Waals surface area contributed by atoms with Crippen molar-refractivity contribution in [3.63, 3.8) is 0 Å². The first kappa shape index (κ1) is 15.7. The summed E-state index contributed by atoms with van der Waals surface area (Å²) in [5.41, 5.74) is 0.626. The van der Waals surface area contributed by atoms with Crippen LogP contribution in [0.4, 0.5) is 0 Å². The quantitative estimate of drug-likeness (QED) is 0.301. The Kier molecular flexibility index (Phi) is 6.40. The first-order chi connectivity index (χ1) is 8.63. The minimum atomic E-state index is -0.999. The zero-order valence-electron chi connectivity index (χ0n) is 11.3. The van der Waals surface area contributed by atoms with Gasteiger partial charge >= 0.3 is 122 Å². The van der Waals surface area contributed by atoms with E-state index in [1.54, 1.807) is 0 Å². The number of hydrogen-bond donors (Lipinski definition) is 0. The predicted octanol–water partition coefficient (Wildman–Crippen LogP) is 2.06. The number of alkyl halides is 1. The van der Waals surface area contributed by atoms with E-state index in [1.807, 2.05) is 0 Å². The molecule has 0 unspecified atom stereocenters. The molecule has 0 aromatic rings. The molecular weight excluding hydrogens is 458 g/mol. The van der Waals surface area contributed by atoms with Crippen molar-refractivity contribution < 1.29 is 7.80 Å². The molecule has 1 spiro atoms. The molecule has 2 aliphatic heterocycles. The molecule has 108 valence electrons. The average molecular weight is 482 g/mol. The summed E-state index contributed by atoms with van der Waals surface area (Å²) in [7, 11) is 0. The van der Waals surface area contributed by atoms with Gasteiger partial charge in [0.05, 0.1) is 0 Å². The van der Waals surface area contributed by atoms with Crippen molar-refractivity contribution >= 4 is 34.9 Å². The SMILES string of the molecule is CCOCCN1CC2(C1)CN(CCOI(C)I)C2. The van der Waals surface area contributed by atoms with Gasteiger partial charge in [0.15, 0.2) is 0 Å². The molecule has 2 fully saturated rings. The molecule has 0 amide bonds. The number of rotatable bonds is 8. The summed E-state index contributed by atoms with van der Waals surface area (Å²) in [6.45, 7) is 12.1. The van der Waals surface area contributed by atoms with Crippen LogP contribution in [-0.4, -0.2) is 73.8 Å². The van der Waals surface area contributed by atoms with Crippen LogP contribution in [0.5, 0.6) is 0 Å².